The molecular formula is C18H21NO6S. The lowest BCUT2D eigenvalue weighted by Gasteiger charge is -2.55. The largest absolute Gasteiger partial charge is 0.481 e. The molecule has 1 saturated carbocycles. The third-order valence-corrected chi connectivity index (χ3v) is 8.04. The highest BCUT2D eigenvalue weighted by molar-refractivity contribution is 7.92. The van der Waals surface area contributed by atoms with Crippen LogP contribution in [0.1, 0.15) is 12.8 Å². The average Bonchev–Trinajstić information content (AvgIpc) is 2.99. The topological polar surface area (TPSA) is 101 Å². The van der Waals surface area contributed by atoms with Crippen LogP contribution >= 0.6 is 0 Å². The molecule has 140 valence electrons. The van der Waals surface area contributed by atoms with Gasteiger partial charge in [0.1, 0.15) is 0 Å². The number of carbonyl (C=O) groups excluding carboxylic acids is 1. The molecule has 1 aromatic rings. The Hall–Kier alpha value is -1.93. The maximum Gasteiger partial charge on any atom is 0.307 e. The molecule has 2 aliphatic heterocycles. The van der Waals surface area contributed by atoms with Crippen LogP contribution in [0, 0.1) is 17.3 Å². The van der Waals surface area contributed by atoms with Gasteiger partial charge in [-0.25, -0.2) is 8.42 Å². The highest BCUT2D eigenvalue weighted by atomic mass is 32.2. The second-order valence-corrected chi connectivity index (χ2v) is 9.92. The number of carbonyl (C=O) groups is 2. The number of rotatable bonds is 4. The van der Waals surface area contributed by atoms with E-state index >= 15 is 0 Å². The van der Waals surface area contributed by atoms with Gasteiger partial charge in [-0.15, -0.1) is 0 Å². The molecule has 7 nitrogen and oxygen atoms in total. The van der Waals surface area contributed by atoms with Gasteiger partial charge in [0.15, 0.2) is 9.84 Å². The molecule has 26 heavy (non-hydrogen) atoms. The van der Waals surface area contributed by atoms with Crippen molar-refractivity contribution >= 4 is 21.7 Å². The van der Waals surface area contributed by atoms with Crippen LogP contribution in [-0.4, -0.2) is 61.9 Å². The monoisotopic (exact) mass is 379 g/mol. The van der Waals surface area contributed by atoms with Crippen molar-refractivity contribution in [3.63, 3.8) is 0 Å². The van der Waals surface area contributed by atoms with Crippen LogP contribution < -0.4 is 0 Å². The second kappa shape index (κ2) is 6.06. The van der Waals surface area contributed by atoms with Crippen molar-refractivity contribution in [2.75, 3.05) is 26.3 Å². The normalized spacial score (nSPS) is 29.8. The summed E-state index contributed by atoms with van der Waals surface area (Å²) >= 11 is 0. The summed E-state index contributed by atoms with van der Waals surface area (Å²) in [5, 5.41) is 8.69. The number of aliphatic carboxylic acids is 1. The number of carboxylic acids is 1. The Bertz CT molecular complexity index is 824. The lowest BCUT2D eigenvalue weighted by Crippen LogP contribution is -2.68. The van der Waals surface area contributed by atoms with Crippen molar-refractivity contribution < 1.29 is 27.9 Å². The zero-order chi connectivity index (χ0) is 18.5. The van der Waals surface area contributed by atoms with E-state index in [1.165, 1.54) is 12.1 Å². The van der Waals surface area contributed by atoms with E-state index in [2.05, 4.69) is 0 Å². The van der Waals surface area contributed by atoms with E-state index < -0.39 is 32.9 Å². The lowest BCUT2D eigenvalue weighted by molar-refractivity contribution is -0.198. The number of carboxylic acid groups (broad SMARTS) is 1. The summed E-state index contributed by atoms with van der Waals surface area (Å²) in [6.07, 6.45) is 0.0398. The van der Waals surface area contributed by atoms with Crippen LogP contribution in [0.25, 0.3) is 0 Å². The number of likely N-dealkylation sites (tertiary alicyclic amines) is 1. The Morgan fingerprint density at radius 2 is 1.69 bits per heavy atom. The summed E-state index contributed by atoms with van der Waals surface area (Å²) in [5.41, 5.74) is 0.0441. The third-order valence-electron chi connectivity index (χ3n) is 5.85. The molecule has 1 aliphatic carbocycles. The minimum absolute atomic E-state index is 0.0228. The molecule has 3 fully saturated rings. The first-order valence-corrected chi connectivity index (χ1v) is 10.3. The van der Waals surface area contributed by atoms with E-state index in [1.54, 1.807) is 23.1 Å². The van der Waals surface area contributed by atoms with E-state index in [-0.39, 0.29) is 29.1 Å². The number of nitrogens with zero attached hydrogens (tertiary/aromatic N) is 1. The summed E-state index contributed by atoms with van der Waals surface area (Å²) < 4.78 is 30.9. The SMILES string of the molecule is O=C(O)[C@@H]1C[C@H](S(=O)(=O)c2ccccc2)C[C@H]1C(=O)N1CC2(COC2)C1. The number of sulfone groups is 1. The molecule has 3 aliphatic rings. The van der Waals surface area contributed by atoms with Gasteiger partial charge in [-0.2, -0.15) is 0 Å². The molecule has 1 spiro atoms. The first-order valence-electron chi connectivity index (χ1n) is 8.71. The van der Waals surface area contributed by atoms with Crippen LogP contribution in [-0.2, 0) is 24.2 Å². The zero-order valence-electron chi connectivity index (χ0n) is 14.2. The minimum atomic E-state index is -3.66. The molecule has 4 rings (SSSR count). The van der Waals surface area contributed by atoms with Crippen molar-refractivity contribution in [2.24, 2.45) is 17.3 Å². The summed E-state index contributed by atoms with van der Waals surface area (Å²) in [6.45, 7) is 2.42. The summed E-state index contributed by atoms with van der Waals surface area (Å²) in [6, 6.07) is 8.02. The highest BCUT2D eigenvalue weighted by Gasteiger charge is 2.55. The van der Waals surface area contributed by atoms with Crippen molar-refractivity contribution in [2.45, 2.75) is 23.0 Å². The molecule has 1 aromatic carbocycles. The van der Waals surface area contributed by atoms with Gasteiger partial charge in [0, 0.05) is 13.1 Å². The first-order chi connectivity index (χ1) is 12.3. The van der Waals surface area contributed by atoms with Crippen LogP contribution in [0.3, 0.4) is 0 Å². The fourth-order valence-corrected chi connectivity index (χ4v) is 6.16. The fraction of sp³-hybridized carbons (Fsp3) is 0.556. The first kappa shape index (κ1) is 17.5. The average molecular weight is 379 g/mol. The van der Waals surface area contributed by atoms with Gasteiger partial charge in [-0.3, -0.25) is 9.59 Å². The predicted molar refractivity (Wildman–Crippen MR) is 91.1 cm³/mol. The predicted octanol–water partition coefficient (Wildman–Crippen LogP) is 0.799. The van der Waals surface area contributed by atoms with Crippen molar-refractivity contribution in [3.05, 3.63) is 30.3 Å². The Morgan fingerprint density at radius 3 is 2.23 bits per heavy atom. The molecule has 0 unspecified atom stereocenters. The summed E-state index contributed by atoms with van der Waals surface area (Å²) in [5.74, 6) is -3.08. The van der Waals surface area contributed by atoms with E-state index in [4.69, 9.17) is 4.74 Å². The number of hydrogen-bond acceptors (Lipinski definition) is 5. The van der Waals surface area contributed by atoms with Gasteiger partial charge < -0.3 is 14.7 Å². The summed E-state index contributed by atoms with van der Waals surface area (Å²) in [7, 11) is -3.66. The number of hydrogen-bond donors (Lipinski definition) is 1. The minimum Gasteiger partial charge on any atom is -0.481 e. The van der Waals surface area contributed by atoms with E-state index in [9.17, 15) is 23.1 Å². The molecule has 8 heteroatoms. The fourth-order valence-electron chi connectivity index (χ4n) is 4.32. The maximum absolute atomic E-state index is 12.8. The van der Waals surface area contributed by atoms with Gasteiger partial charge in [0.25, 0.3) is 0 Å². The van der Waals surface area contributed by atoms with Gasteiger partial charge in [-0.1, -0.05) is 18.2 Å². The van der Waals surface area contributed by atoms with Gasteiger partial charge in [0.05, 0.1) is 40.6 Å². The van der Waals surface area contributed by atoms with Crippen molar-refractivity contribution in [1.82, 2.24) is 4.90 Å². The Morgan fingerprint density at radius 1 is 1.08 bits per heavy atom. The van der Waals surface area contributed by atoms with E-state index in [1.807, 2.05) is 0 Å². The third kappa shape index (κ3) is 2.72. The molecule has 1 amide bonds. The van der Waals surface area contributed by atoms with Crippen LogP contribution in [0.4, 0.5) is 0 Å². The molecule has 0 bridgehead atoms. The van der Waals surface area contributed by atoms with Crippen LogP contribution in [0.15, 0.2) is 35.2 Å². The van der Waals surface area contributed by atoms with Crippen LogP contribution in [0.2, 0.25) is 0 Å². The van der Waals surface area contributed by atoms with Gasteiger partial charge in [-0.05, 0) is 25.0 Å². The Kier molecular flexibility index (Phi) is 4.07. The molecular weight excluding hydrogens is 358 g/mol. The smallest absolute Gasteiger partial charge is 0.307 e. The molecule has 3 atom stereocenters. The zero-order valence-corrected chi connectivity index (χ0v) is 15.0. The molecule has 2 heterocycles. The standard InChI is InChI=1S/C18H21NO6S/c20-16(19-8-18(9-19)10-25-11-18)14-6-13(7-15(14)17(21)22)26(23,24)12-4-2-1-3-5-12/h1-5,13-15H,6-11H2,(H,21,22)/t13-,14-,15-/m1/s1. The molecule has 2 saturated heterocycles. The lowest BCUT2D eigenvalue weighted by atomic mass is 9.77. The van der Waals surface area contributed by atoms with Gasteiger partial charge in [0.2, 0.25) is 5.91 Å². The van der Waals surface area contributed by atoms with Crippen molar-refractivity contribution in [1.29, 1.82) is 0 Å². The number of benzene rings is 1. The van der Waals surface area contributed by atoms with Crippen molar-refractivity contribution in [3.8, 4) is 0 Å². The van der Waals surface area contributed by atoms with E-state index in [0.717, 1.165) is 0 Å². The number of ether oxygens (including phenoxy) is 1. The quantitative estimate of drug-likeness (QED) is 0.830. The Balaban J connectivity index is 1.52. The highest BCUT2D eigenvalue weighted by Crippen LogP contribution is 2.43. The summed E-state index contributed by atoms with van der Waals surface area (Å²) in [4.78, 5) is 26.3. The van der Waals surface area contributed by atoms with Gasteiger partial charge >= 0.3 is 5.97 Å². The second-order valence-electron chi connectivity index (χ2n) is 7.69. The molecule has 0 aromatic heterocycles. The molecule has 0 radical (unpaired) electrons. The molecule has 1 N–H and O–H groups in total. The van der Waals surface area contributed by atoms with Crippen LogP contribution in [0.5, 0.6) is 0 Å². The maximum atomic E-state index is 12.8. The van der Waals surface area contributed by atoms with E-state index in [0.29, 0.717) is 26.3 Å². The Labute approximate surface area is 151 Å². The number of amides is 1.